The first kappa shape index (κ1) is 18.1. The Hall–Kier alpha value is -2.32. The van der Waals surface area contributed by atoms with E-state index in [4.69, 9.17) is 9.47 Å². The fourth-order valence-electron chi connectivity index (χ4n) is 3.14. The maximum absolute atomic E-state index is 12.8. The monoisotopic (exact) mass is 386 g/mol. The van der Waals surface area contributed by atoms with Crippen LogP contribution in [-0.4, -0.2) is 44.7 Å². The minimum absolute atomic E-state index is 0.188. The first-order valence-electron chi connectivity index (χ1n) is 9.16. The summed E-state index contributed by atoms with van der Waals surface area (Å²) in [4.78, 5) is 12.8. The van der Waals surface area contributed by atoms with Crippen LogP contribution in [0.2, 0.25) is 0 Å². The van der Waals surface area contributed by atoms with Gasteiger partial charge in [0.15, 0.2) is 5.16 Å². The van der Waals surface area contributed by atoms with E-state index in [1.807, 2.05) is 37.4 Å². The molecule has 4 rings (SSSR count). The van der Waals surface area contributed by atoms with Gasteiger partial charge >= 0.3 is 5.56 Å². The molecule has 0 spiro atoms. The van der Waals surface area contributed by atoms with Gasteiger partial charge in [-0.05, 0) is 49.9 Å². The van der Waals surface area contributed by atoms with Crippen molar-refractivity contribution in [3.8, 4) is 11.4 Å². The summed E-state index contributed by atoms with van der Waals surface area (Å²) in [6.45, 7) is 4.21. The van der Waals surface area contributed by atoms with Crippen molar-refractivity contribution in [2.75, 3.05) is 25.6 Å². The van der Waals surface area contributed by atoms with E-state index in [1.165, 1.54) is 0 Å². The zero-order chi connectivity index (χ0) is 18.6. The number of ether oxygens (including phenoxy) is 2. The number of hydrogen-bond donors (Lipinski definition) is 0. The topological polar surface area (TPSA) is 70.7 Å². The molecule has 27 heavy (non-hydrogen) atoms. The molecule has 0 radical (unpaired) electrons. The van der Waals surface area contributed by atoms with Crippen molar-refractivity contribution >= 4 is 17.4 Å². The van der Waals surface area contributed by atoms with Crippen LogP contribution in [0.15, 0.2) is 46.6 Å². The van der Waals surface area contributed by atoms with Crippen molar-refractivity contribution in [3.05, 3.63) is 47.0 Å². The predicted octanol–water partition coefficient (Wildman–Crippen LogP) is 2.80. The zero-order valence-electron chi connectivity index (χ0n) is 15.2. The van der Waals surface area contributed by atoms with Crippen LogP contribution in [0, 0.1) is 5.92 Å². The summed E-state index contributed by atoms with van der Waals surface area (Å²) in [6.07, 6.45) is 5.76. The summed E-state index contributed by atoms with van der Waals surface area (Å²) in [6, 6.07) is 7.43. The summed E-state index contributed by atoms with van der Waals surface area (Å²) in [5.41, 5.74) is 0.915. The molecular weight excluding hydrogens is 364 g/mol. The van der Waals surface area contributed by atoms with Crippen molar-refractivity contribution in [2.24, 2.45) is 5.92 Å². The minimum Gasteiger partial charge on any atom is -0.494 e. The zero-order valence-corrected chi connectivity index (χ0v) is 16.0. The maximum atomic E-state index is 12.8. The van der Waals surface area contributed by atoms with Crippen molar-refractivity contribution in [3.63, 3.8) is 0 Å². The average molecular weight is 386 g/mol. The van der Waals surface area contributed by atoms with E-state index in [1.54, 1.807) is 26.9 Å². The van der Waals surface area contributed by atoms with Gasteiger partial charge < -0.3 is 9.47 Å². The standard InChI is InChI=1S/C19H22N4O3S/c1-2-26-16-5-3-15(4-6-16)22-9-10-23-17(18(22)24)20-21-19(23)27-13-14-7-11-25-12-8-14/h3-6,9-10,14H,2,7-8,11-13H2,1H3. The third kappa shape index (κ3) is 3.86. The van der Waals surface area contributed by atoms with Crippen LogP contribution < -0.4 is 10.3 Å². The molecule has 1 aliphatic rings. The van der Waals surface area contributed by atoms with Gasteiger partial charge in [0.25, 0.3) is 0 Å². The Labute approximate surface area is 161 Å². The van der Waals surface area contributed by atoms with Crippen LogP contribution in [0.1, 0.15) is 19.8 Å². The largest absolute Gasteiger partial charge is 0.494 e. The van der Waals surface area contributed by atoms with Gasteiger partial charge in [-0.2, -0.15) is 0 Å². The van der Waals surface area contributed by atoms with E-state index < -0.39 is 0 Å². The highest BCUT2D eigenvalue weighted by molar-refractivity contribution is 7.99. The molecule has 1 aliphatic heterocycles. The molecule has 3 aromatic rings. The number of thioether (sulfide) groups is 1. The molecule has 1 saturated heterocycles. The van der Waals surface area contributed by atoms with Gasteiger partial charge in [-0.3, -0.25) is 13.8 Å². The quantitative estimate of drug-likeness (QED) is 0.607. The van der Waals surface area contributed by atoms with E-state index in [2.05, 4.69) is 10.2 Å². The van der Waals surface area contributed by atoms with Crippen LogP contribution in [-0.2, 0) is 4.74 Å². The molecule has 0 unspecified atom stereocenters. The van der Waals surface area contributed by atoms with Crippen LogP contribution in [0.4, 0.5) is 0 Å². The molecular formula is C19H22N4O3S. The van der Waals surface area contributed by atoms with E-state index in [0.717, 1.165) is 48.4 Å². The molecule has 0 atom stereocenters. The number of hydrogen-bond acceptors (Lipinski definition) is 6. The Morgan fingerprint density at radius 3 is 2.70 bits per heavy atom. The van der Waals surface area contributed by atoms with Crippen LogP contribution in [0.3, 0.4) is 0 Å². The van der Waals surface area contributed by atoms with Crippen LogP contribution in [0.5, 0.6) is 5.75 Å². The van der Waals surface area contributed by atoms with Crippen molar-refractivity contribution < 1.29 is 9.47 Å². The summed E-state index contributed by atoms with van der Waals surface area (Å²) >= 11 is 1.65. The lowest BCUT2D eigenvalue weighted by molar-refractivity contribution is 0.0728. The predicted molar refractivity (Wildman–Crippen MR) is 104 cm³/mol. The Bertz CT molecular complexity index is 961. The van der Waals surface area contributed by atoms with E-state index in [0.29, 0.717) is 18.2 Å². The third-order valence-electron chi connectivity index (χ3n) is 4.65. The van der Waals surface area contributed by atoms with Crippen LogP contribution >= 0.6 is 11.8 Å². The summed E-state index contributed by atoms with van der Waals surface area (Å²) in [5.74, 6) is 2.37. The number of nitrogens with zero attached hydrogens (tertiary/aromatic N) is 4. The number of fused-ring (bicyclic) bond motifs is 1. The molecule has 7 nitrogen and oxygen atoms in total. The smallest absolute Gasteiger partial charge is 0.300 e. The Morgan fingerprint density at radius 1 is 1.19 bits per heavy atom. The first-order valence-corrected chi connectivity index (χ1v) is 10.1. The van der Waals surface area contributed by atoms with E-state index in [-0.39, 0.29) is 5.56 Å². The van der Waals surface area contributed by atoms with E-state index in [9.17, 15) is 4.79 Å². The van der Waals surface area contributed by atoms with Crippen molar-refractivity contribution in [1.82, 2.24) is 19.2 Å². The average Bonchev–Trinajstić information content (AvgIpc) is 3.13. The molecule has 2 aromatic heterocycles. The van der Waals surface area contributed by atoms with Gasteiger partial charge in [-0.1, -0.05) is 11.8 Å². The normalized spacial score (nSPS) is 15.3. The fraction of sp³-hybridized carbons (Fsp3) is 0.421. The highest BCUT2D eigenvalue weighted by Gasteiger charge is 2.17. The van der Waals surface area contributed by atoms with Crippen LogP contribution in [0.25, 0.3) is 11.3 Å². The molecule has 0 amide bonds. The van der Waals surface area contributed by atoms with Gasteiger partial charge in [0.1, 0.15) is 5.75 Å². The molecule has 0 saturated carbocycles. The lowest BCUT2D eigenvalue weighted by Crippen LogP contribution is -2.20. The highest BCUT2D eigenvalue weighted by Crippen LogP contribution is 2.24. The Kier molecular flexibility index (Phi) is 5.45. The van der Waals surface area contributed by atoms with Crippen molar-refractivity contribution in [1.29, 1.82) is 0 Å². The van der Waals surface area contributed by atoms with Gasteiger partial charge in [0, 0.05) is 37.0 Å². The number of aromatic nitrogens is 4. The second-order valence-electron chi connectivity index (χ2n) is 6.44. The summed E-state index contributed by atoms with van der Waals surface area (Å²) < 4.78 is 14.2. The molecule has 1 fully saturated rings. The van der Waals surface area contributed by atoms with Crippen molar-refractivity contribution in [2.45, 2.75) is 24.9 Å². The molecule has 0 aliphatic carbocycles. The summed E-state index contributed by atoms with van der Waals surface area (Å²) in [5, 5.41) is 9.11. The lowest BCUT2D eigenvalue weighted by Gasteiger charge is -2.20. The second-order valence-corrected chi connectivity index (χ2v) is 7.43. The first-order chi connectivity index (χ1) is 13.3. The van der Waals surface area contributed by atoms with E-state index >= 15 is 0 Å². The highest BCUT2D eigenvalue weighted by atomic mass is 32.2. The number of rotatable bonds is 6. The molecule has 8 heteroatoms. The van der Waals surface area contributed by atoms with Gasteiger partial charge in [-0.25, -0.2) is 0 Å². The van der Waals surface area contributed by atoms with Gasteiger partial charge in [-0.15, -0.1) is 10.2 Å². The SMILES string of the molecule is CCOc1ccc(-n2ccn3c(SCC4CCOCC4)nnc3c2=O)cc1. The van der Waals surface area contributed by atoms with Gasteiger partial charge in [0.05, 0.1) is 6.61 Å². The fourth-order valence-corrected chi connectivity index (χ4v) is 4.25. The molecule has 3 heterocycles. The Balaban J connectivity index is 1.56. The Morgan fingerprint density at radius 2 is 1.96 bits per heavy atom. The molecule has 142 valence electrons. The number of benzene rings is 1. The molecule has 1 aromatic carbocycles. The summed E-state index contributed by atoms with van der Waals surface area (Å²) in [7, 11) is 0. The minimum atomic E-state index is -0.188. The lowest BCUT2D eigenvalue weighted by atomic mass is 10.0. The van der Waals surface area contributed by atoms with Gasteiger partial charge in [0.2, 0.25) is 5.65 Å². The second kappa shape index (κ2) is 8.14. The molecule has 0 bridgehead atoms. The maximum Gasteiger partial charge on any atom is 0.300 e. The third-order valence-corrected chi connectivity index (χ3v) is 5.83. The molecule has 0 N–H and O–H groups in total.